The molecule has 4 aliphatic rings. The Bertz CT molecular complexity index is 870. The molecular weight excluding hydrogens is 364 g/mol. The zero-order valence-corrected chi connectivity index (χ0v) is 16.4. The molecule has 3 heterocycles. The van der Waals surface area contributed by atoms with E-state index in [4.69, 9.17) is 4.74 Å². The Labute approximate surface area is 160 Å². The number of fused-ring (bicyclic) bond motifs is 1. The molecule has 1 spiro atoms. The van der Waals surface area contributed by atoms with Crippen LogP contribution >= 0.6 is 0 Å². The van der Waals surface area contributed by atoms with Gasteiger partial charge in [0.15, 0.2) is 0 Å². The SMILES string of the molecule is CS(=O)(=O)NCCN[C@]1(C#N)CC23CCCCC2=CN2C=CCCC2=C3O1. The van der Waals surface area contributed by atoms with Crippen molar-refractivity contribution in [1.29, 1.82) is 5.26 Å². The second-order valence-electron chi connectivity index (χ2n) is 7.86. The van der Waals surface area contributed by atoms with Gasteiger partial charge in [0, 0.05) is 31.9 Å². The molecule has 0 radical (unpaired) electrons. The van der Waals surface area contributed by atoms with Crippen molar-refractivity contribution >= 4 is 10.0 Å². The van der Waals surface area contributed by atoms with Crippen LogP contribution in [0.1, 0.15) is 44.9 Å². The molecular formula is C19H26N4O3S. The Hall–Kier alpha value is -1.82. The summed E-state index contributed by atoms with van der Waals surface area (Å²) in [6.07, 6.45) is 14.4. The summed E-state index contributed by atoms with van der Waals surface area (Å²) in [6.45, 7) is 0.560. The minimum atomic E-state index is -3.25. The molecule has 7 nitrogen and oxygen atoms in total. The van der Waals surface area contributed by atoms with Crippen molar-refractivity contribution < 1.29 is 13.2 Å². The molecule has 1 saturated carbocycles. The number of nitrogens with one attached hydrogen (secondary N) is 2. The van der Waals surface area contributed by atoms with Crippen LogP contribution in [0.3, 0.4) is 0 Å². The first-order chi connectivity index (χ1) is 12.9. The number of nitrogens with zero attached hydrogens (tertiary/aromatic N) is 2. The zero-order valence-electron chi connectivity index (χ0n) is 15.6. The Morgan fingerprint density at radius 2 is 2.19 bits per heavy atom. The van der Waals surface area contributed by atoms with Crippen LogP contribution < -0.4 is 10.0 Å². The van der Waals surface area contributed by atoms with E-state index in [9.17, 15) is 13.7 Å². The van der Waals surface area contributed by atoms with E-state index < -0.39 is 15.7 Å². The summed E-state index contributed by atoms with van der Waals surface area (Å²) in [6, 6.07) is 2.35. The highest BCUT2D eigenvalue weighted by molar-refractivity contribution is 7.88. The van der Waals surface area contributed by atoms with E-state index >= 15 is 0 Å². The van der Waals surface area contributed by atoms with Crippen molar-refractivity contribution in [1.82, 2.24) is 14.9 Å². The van der Waals surface area contributed by atoms with E-state index in [1.54, 1.807) is 0 Å². The minimum Gasteiger partial charge on any atom is -0.461 e. The lowest BCUT2D eigenvalue weighted by Crippen LogP contribution is -2.47. The fourth-order valence-electron chi connectivity index (χ4n) is 4.79. The van der Waals surface area contributed by atoms with Crippen molar-refractivity contribution in [2.24, 2.45) is 5.41 Å². The van der Waals surface area contributed by atoms with Gasteiger partial charge in [-0.1, -0.05) is 12.5 Å². The zero-order chi connectivity index (χ0) is 19.1. The van der Waals surface area contributed by atoms with Crippen molar-refractivity contribution in [3.05, 3.63) is 35.5 Å². The molecule has 1 unspecified atom stereocenters. The standard InChI is InChI=1S/C19H26N4O3S/c1-27(24,25)22-10-9-21-19(14-20)13-18-8-4-2-6-15(18)12-23-11-5-3-7-16(23)17(18)26-19/h5,11-12,21-22H,2-4,6-10,13H2,1H3/t18?,19-/m1/s1. The lowest BCUT2D eigenvalue weighted by molar-refractivity contribution is 0.0565. The Balaban J connectivity index is 1.62. The van der Waals surface area contributed by atoms with Gasteiger partial charge in [0.25, 0.3) is 0 Å². The molecule has 3 aliphatic heterocycles. The van der Waals surface area contributed by atoms with Crippen LogP contribution in [-0.4, -0.2) is 38.4 Å². The first kappa shape index (κ1) is 18.5. The van der Waals surface area contributed by atoms with Crippen LogP contribution in [0.4, 0.5) is 0 Å². The molecule has 146 valence electrons. The second kappa shape index (κ2) is 6.66. The van der Waals surface area contributed by atoms with Gasteiger partial charge in [-0.2, -0.15) is 5.26 Å². The van der Waals surface area contributed by atoms with Gasteiger partial charge in [-0.25, -0.2) is 13.1 Å². The van der Waals surface area contributed by atoms with Gasteiger partial charge in [0.05, 0.1) is 17.4 Å². The van der Waals surface area contributed by atoms with Gasteiger partial charge in [-0.3, -0.25) is 5.32 Å². The maximum Gasteiger partial charge on any atom is 0.250 e. The van der Waals surface area contributed by atoms with E-state index in [0.29, 0.717) is 13.0 Å². The topological polar surface area (TPSA) is 94.5 Å². The molecule has 0 amide bonds. The summed E-state index contributed by atoms with van der Waals surface area (Å²) < 4.78 is 31.4. The highest BCUT2D eigenvalue weighted by atomic mass is 32.2. The molecule has 0 aromatic heterocycles. The van der Waals surface area contributed by atoms with Gasteiger partial charge in [0.1, 0.15) is 11.8 Å². The number of hydrogen-bond acceptors (Lipinski definition) is 6. The van der Waals surface area contributed by atoms with Crippen LogP contribution in [0.15, 0.2) is 35.5 Å². The second-order valence-corrected chi connectivity index (χ2v) is 9.69. The number of rotatable bonds is 5. The minimum absolute atomic E-state index is 0.192. The lowest BCUT2D eigenvalue weighted by Gasteiger charge is -2.42. The van der Waals surface area contributed by atoms with Gasteiger partial charge in [-0.15, -0.1) is 0 Å². The van der Waals surface area contributed by atoms with Gasteiger partial charge < -0.3 is 9.64 Å². The third kappa shape index (κ3) is 3.28. The molecule has 1 saturated heterocycles. The number of hydrogen-bond donors (Lipinski definition) is 2. The number of ether oxygens (including phenoxy) is 1. The summed E-state index contributed by atoms with van der Waals surface area (Å²) in [5.41, 5.74) is 1.21. The van der Waals surface area contributed by atoms with Crippen molar-refractivity contribution in [3.8, 4) is 6.07 Å². The normalized spacial score (nSPS) is 32.1. The van der Waals surface area contributed by atoms with Crippen LogP contribution in [0.5, 0.6) is 0 Å². The van der Waals surface area contributed by atoms with Crippen molar-refractivity contribution in [2.45, 2.75) is 50.7 Å². The number of nitriles is 1. The molecule has 1 aliphatic carbocycles. The number of sulfonamides is 1. The quantitative estimate of drug-likeness (QED) is 0.698. The molecule has 0 aromatic rings. The highest BCUT2D eigenvalue weighted by Gasteiger charge is 2.59. The molecule has 8 heteroatoms. The van der Waals surface area contributed by atoms with Gasteiger partial charge in [-0.05, 0) is 37.7 Å². The summed E-state index contributed by atoms with van der Waals surface area (Å²) in [7, 11) is -3.25. The van der Waals surface area contributed by atoms with Gasteiger partial charge >= 0.3 is 0 Å². The van der Waals surface area contributed by atoms with E-state index in [0.717, 1.165) is 49.8 Å². The molecule has 2 N–H and O–H groups in total. The van der Waals surface area contributed by atoms with E-state index in [-0.39, 0.29) is 12.0 Å². The summed E-state index contributed by atoms with van der Waals surface area (Å²) in [4.78, 5) is 2.16. The molecule has 0 bridgehead atoms. The van der Waals surface area contributed by atoms with Gasteiger partial charge in [0.2, 0.25) is 15.7 Å². The molecule has 2 fully saturated rings. The highest BCUT2D eigenvalue weighted by Crippen LogP contribution is 2.60. The Morgan fingerprint density at radius 1 is 1.33 bits per heavy atom. The van der Waals surface area contributed by atoms with E-state index in [1.165, 1.54) is 12.0 Å². The molecule has 0 aromatic carbocycles. The third-order valence-electron chi connectivity index (χ3n) is 5.94. The molecule has 4 rings (SSSR count). The molecule has 27 heavy (non-hydrogen) atoms. The average molecular weight is 391 g/mol. The summed E-state index contributed by atoms with van der Waals surface area (Å²) in [5, 5.41) is 13.1. The Morgan fingerprint density at radius 3 is 2.96 bits per heavy atom. The number of allylic oxidation sites excluding steroid dienone is 3. The largest absolute Gasteiger partial charge is 0.461 e. The Kier molecular flexibility index (Phi) is 4.57. The fourth-order valence-corrected chi connectivity index (χ4v) is 5.26. The van der Waals surface area contributed by atoms with Crippen molar-refractivity contribution in [3.63, 3.8) is 0 Å². The summed E-state index contributed by atoms with van der Waals surface area (Å²) >= 11 is 0. The van der Waals surface area contributed by atoms with E-state index in [2.05, 4.69) is 39.5 Å². The monoisotopic (exact) mass is 390 g/mol. The first-order valence-electron chi connectivity index (χ1n) is 9.57. The van der Waals surface area contributed by atoms with Crippen molar-refractivity contribution in [2.75, 3.05) is 19.3 Å². The predicted octanol–water partition coefficient (Wildman–Crippen LogP) is 2.04. The maximum absolute atomic E-state index is 11.3. The predicted molar refractivity (Wildman–Crippen MR) is 101 cm³/mol. The smallest absolute Gasteiger partial charge is 0.250 e. The molecule has 2 atom stereocenters. The van der Waals surface area contributed by atoms with Crippen LogP contribution in [0.2, 0.25) is 0 Å². The van der Waals surface area contributed by atoms with Crippen LogP contribution in [-0.2, 0) is 14.8 Å². The fraction of sp³-hybridized carbons (Fsp3) is 0.632. The van der Waals surface area contributed by atoms with Crippen LogP contribution in [0, 0.1) is 16.7 Å². The lowest BCUT2D eigenvalue weighted by atomic mass is 9.65. The third-order valence-corrected chi connectivity index (χ3v) is 6.67. The maximum atomic E-state index is 11.3. The average Bonchev–Trinajstić information content (AvgIpc) is 2.98. The van der Waals surface area contributed by atoms with E-state index in [1.807, 2.05) is 0 Å². The summed E-state index contributed by atoms with van der Waals surface area (Å²) in [5.74, 6) is 0.953. The van der Waals surface area contributed by atoms with Crippen LogP contribution in [0.25, 0.3) is 0 Å². The first-order valence-corrected chi connectivity index (χ1v) is 11.5.